The van der Waals surface area contributed by atoms with Crippen molar-refractivity contribution in [2.24, 2.45) is 18.0 Å². The maximum absolute atomic E-state index is 13.2. The number of nitrogens with zero attached hydrogens (tertiary/aromatic N) is 4. The first-order chi connectivity index (χ1) is 17.7. The van der Waals surface area contributed by atoms with E-state index in [1.807, 2.05) is 42.1 Å². The second-order valence-corrected chi connectivity index (χ2v) is 9.46. The Morgan fingerprint density at radius 1 is 1.14 bits per heavy atom. The summed E-state index contributed by atoms with van der Waals surface area (Å²) in [5.41, 5.74) is 2.12. The number of rotatable bonds is 4. The number of amidine groups is 1. The zero-order valence-electron chi connectivity index (χ0n) is 20.2. The van der Waals surface area contributed by atoms with Crippen LogP contribution in [0, 0.1) is 5.92 Å². The zero-order valence-corrected chi connectivity index (χ0v) is 20.2. The van der Waals surface area contributed by atoms with Crippen molar-refractivity contribution in [3.8, 4) is 11.3 Å². The van der Waals surface area contributed by atoms with Crippen molar-refractivity contribution < 1.29 is 27.6 Å². The summed E-state index contributed by atoms with van der Waals surface area (Å²) in [5.74, 6) is 0.277. The van der Waals surface area contributed by atoms with Crippen LogP contribution in [-0.4, -0.2) is 47.2 Å². The third-order valence-corrected chi connectivity index (χ3v) is 6.79. The van der Waals surface area contributed by atoms with Gasteiger partial charge in [-0.1, -0.05) is 0 Å². The van der Waals surface area contributed by atoms with Crippen LogP contribution in [0.4, 0.5) is 19.0 Å². The topological polar surface area (TPSA) is 81.7 Å². The van der Waals surface area contributed by atoms with Gasteiger partial charge in [-0.2, -0.15) is 13.2 Å². The van der Waals surface area contributed by atoms with E-state index in [0.717, 1.165) is 48.6 Å². The largest absolute Gasteiger partial charge is 0.481 e. The van der Waals surface area contributed by atoms with E-state index in [2.05, 4.69) is 20.2 Å². The molecule has 4 heterocycles. The zero-order chi connectivity index (χ0) is 26.2. The number of hydrogen-bond acceptors (Lipinski definition) is 5. The highest BCUT2D eigenvalue weighted by Gasteiger charge is 2.34. The molecule has 0 amide bonds. The summed E-state index contributed by atoms with van der Waals surface area (Å²) in [6.07, 6.45) is 6.93. The van der Waals surface area contributed by atoms with Crippen molar-refractivity contribution >= 4 is 17.6 Å². The van der Waals surface area contributed by atoms with Crippen molar-refractivity contribution in [2.75, 3.05) is 18.0 Å². The van der Waals surface area contributed by atoms with Crippen LogP contribution in [0.25, 0.3) is 11.3 Å². The van der Waals surface area contributed by atoms with Gasteiger partial charge in [0.05, 0.1) is 49.6 Å². The van der Waals surface area contributed by atoms with Crippen LogP contribution in [0.2, 0.25) is 0 Å². The summed E-state index contributed by atoms with van der Waals surface area (Å²) in [6.45, 7) is 1.29. The molecule has 2 aromatic rings. The molecular weight excluding hydrogens is 483 g/mol. The number of pyridine rings is 2. The van der Waals surface area contributed by atoms with Crippen molar-refractivity contribution in [3.63, 3.8) is 0 Å². The van der Waals surface area contributed by atoms with Gasteiger partial charge in [-0.05, 0) is 61.8 Å². The summed E-state index contributed by atoms with van der Waals surface area (Å²) >= 11 is 0. The van der Waals surface area contributed by atoms with E-state index in [4.69, 9.17) is 0 Å². The lowest BCUT2D eigenvalue weighted by Crippen LogP contribution is -2.42. The van der Waals surface area contributed by atoms with E-state index >= 15 is 0 Å². The minimum absolute atomic E-state index is 0.377. The summed E-state index contributed by atoms with van der Waals surface area (Å²) in [4.78, 5) is 22.7. The Bertz CT molecular complexity index is 1330. The quantitative estimate of drug-likeness (QED) is 0.610. The van der Waals surface area contributed by atoms with Gasteiger partial charge in [0.2, 0.25) is 0 Å². The average Bonchev–Trinajstić information content (AvgIpc) is 3.20. The molecule has 7 nitrogen and oxygen atoms in total. The molecule has 1 saturated heterocycles. The Morgan fingerprint density at radius 3 is 2.65 bits per heavy atom. The monoisotopic (exact) mass is 510 g/mol. The van der Waals surface area contributed by atoms with Crippen LogP contribution in [0.3, 0.4) is 0 Å². The molecule has 0 radical (unpaired) electrons. The number of aliphatic imine (C=N–C) groups is 1. The standard InChI is InChI=1S/C27H26F3N5O2/c1-34-15-18(6-10-24(34)35-11-3-2-4-19(16-35)26(36)37)23-9-5-17(14-31-23)25-32-21-8-7-20(27(28,29)30)12-22(13-21)33-25/h5-10,12-15,19,22H,2-4,11,16H2,1H3,(H-,32,33,36,37)/p+1. The highest BCUT2D eigenvalue weighted by Crippen LogP contribution is 2.30. The molecule has 192 valence electrons. The normalized spacial score (nSPS) is 21.7. The number of carbonyl (C=O) groups is 1. The van der Waals surface area contributed by atoms with Crippen LogP contribution < -0.4 is 14.8 Å². The van der Waals surface area contributed by atoms with Crippen molar-refractivity contribution in [3.05, 3.63) is 77.8 Å². The van der Waals surface area contributed by atoms with E-state index in [0.29, 0.717) is 30.1 Å². The molecule has 1 aliphatic carbocycles. The van der Waals surface area contributed by atoms with E-state index in [-0.39, 0.29) is 5.92 Å². The fourth-order valence-corrected chi connectivity index (χ4v) is 4.85. The van der Waals surface area contributed by atoms with Crippen LogP contribution in [0.1, 0.15) is 24.8 Å². The van der Waals surface area contributed by atoms with E-state index in [1.165, 1.54) is 6.08 Å². The van der Waals surface area contributed by atoms with Gasteiger partial charge in [0, 0.05) is 29.1 Å². The summed E-state index contributed by atoms with van der Waals surface area (Å²) in [7, 11) is 1.93. The van der Waals surface area contributed by atoms with Gasteiger partial charge in [-0.15, -0.1) is 0 Å². The third-order valence-electron chi connectivity index (χ3n) is 6.79. The Morgan fingerprint density at radius 2 is 1.95 bits per heavy atom. The van der Waals surface area contributed by atoms with Gasteiger partial charge in [-0.25, -0.2) is 4.57 Å². The molecule has 5 rings (SSSR count). The number of carboxylic acids is 1. The number of fused-ring (bicyclic) bond motifs is 1. The highest BCUT2D eigenvalue weighted by atomic mass is 19.4. The molecule has 2 aliphatic heterocycles. The average molecular weight is 511 g/mol. The maximum Gasteiger partial charge on any atom is 0.416 e. The summed E-state index contributed by atoms with van der Waals surface area (Å²) in [5, 5.41) is 12.6. The number of aromatic nitrogens is 2. The molecule has 2 atom stereocenters. The van der Waals surface area contributed by atoms with Crippen LogP contribution in [0.5, 0.6) is 0 Å². The first-order valence-corrected chi connectivity index (χ1v) is 12.2. The first-order valence-electron chi connectivity index (χ1n) is 12.2. The fourth-order valence-electron chi connectivity index (χ4n) is 4.85. The number of halogens is 3. The predicted octanol–water partition coefficient (Wildman–Crippen LogP) is 3.93. The molecule has 3 aliphatic rings. The minimum Gasteiger partial charge on any atom is -0.481 e. The molecule has 0 spiro atoms. The molecule has 0 saturated carbocycles. The molecule has 2 N–H and O–H groups in total. The maximum atomic E-state index is 13.2. The van der Waals surface area contributed by atoms with Gasteiger partial charge >= 0.3 is 12.1 Å². The highest BCUT2D eigenvalue weighted by molar-refractivity contribution is 6.01. The number of anilines is 1. The number of allylic oxidation sites excluding steroid dienone is 3. The molecule has 37 heavy (non-hydrogen) atoms. The number of carboxylic acid groups (broad SMARTS) is 1. The number of nitrogens with one attached hydrogen (secondary N) is 1. The lowest BCUT2D eigenvalue weighted by atomic mass is 10.0. The van der Waals surface area contributed by atoms with Crippen LogP contribution >= 0.6 is 0 Å². The lowest BCUT2D eigenvalue weighted by molar-refractivity contribution is -0.658. The van der Waals surface area contributed by atoms with Gasteiger partial charge < -0.3 is 10.4 Å². The minimum atomic E-state index is -4.43. The fraction of sp³-hybridized carbons (Fsp3) is 0.333. The third kappa shape index (κ3) is 5.42. The van der Waals surface area contributed by atoms with Gasteiger partial charge in [0.25, 0.3) is 5.82 Å². The Labute approximate surface area is 212 Å². The van der Waals surface area contributed by atoms with Crippen LogP contribution in [0.15, 0.2) is 77.2 Å². The second-order valence-electron chi connectivity index (χ2n) is 9.46. The molecule has 0 aromatic carbocycles. The number of hydrogen-bond donors (Lipinski definition) is 2. The van der Waals surface area contributed by atoms with Crippen molar-refractivity contribution in [1.82, 2.24) is 10.3 Å². The molecule has 1 fully saturated rings. The van der Waals surface area contributed by atoms with Crippen molar-refractivity contribution in [1.29, 1.82) is 0 Å². The van der Waals surface area contributed by atoms with Gasteiger partial charge in [0.15, 0.2) is 0 Å². The SMILES string of the molecule is C[n+]1cc(-c2ccc(C3=NC4C=C(C=CC(C(F)(F)F)=C4)N3)cn2)ccc1N1CCCCC(C(=O)O)C1. The summed E-state index contributed by atoms with van der Waals surface area (Å²) < 4.78 is 41.5. The summed E-state index contributed by atoms with van der Waals surface area (Å²) in [6, 6.07) is 6.91. The van der Waals surface area contributed by atoms with Crippen molar-refractivity contribution in [2.45, 2.75) is 31.5 Å². The van der Waals surface area contributed by atoms with Gasteiger partial charge in [0.1, 0.15) is 5.84 Å². The Hall–Kier alpha value is -3.95. The second kappa shape index (κ2) is 9.84. The van der Waals surface area contributed by atoms with Crippen LogP contribution in [-0.2, 0) is 11.8 Å². The molecule has 2 bridgehead atoms. The van der Waals surface area contributed by atoms with E-state index in [1.54, 1.807) is 12.3 Å². The predicted molar refractivity (Wildman–Crippen MR) is 133 cm³/mol. The molecule has 10 heteroatoms. The molecule has 2 unspecified atom stereocenters. The number of aryl methyl sites for hydroxylation is 1. The Kier molecular flexibility index (Phi) is 6.57. The molecule has 2 aromatic heterocycles. The lowest BCUT2D eigenvalue weighted by Gasteiger charge is -2.19. The Balaban J connectivity index is 1.34. The first kappa shape index (κ1) is 24.7. The smallest absolute Gasteiger partial charge is 0.416 e. The van der Waals surface area contributed by atoms with E-state index < -0.39 is 23.8 Å². The number of alkyl halides is 3. The molecular formula is C27H27F3N5O2+. The van der Waals surface area contributed by atoms with E-state index in [9.17, 15) is 23.1 Å². The van der Waals surface area contributed by atoms with Gasteiger partial charge in [-0.3, -0.25) is 19.7 Å². The number of aliphatic carboxylic acids is 1.